The maximum absolute atomic E-state index is 4.54. The summed E-state index contributed by atoms with van der Waals surface area (Å²) in [5.41, 5.74) is 7.32. The molecular weight excluding hydrogens is 172 g/mol. The molecule has 66 valence electrons. The van der Waals surface area contributed by atoms with Crippen LogP contribution in [0.3, 0.4) is 0 Å². The van der Waals surface area contributed by atoms with Gasteiger partial charge in [0.1, 0.15) is 0 Å². The van der Waals surface area contributed by atoms with Crippen LogP contribution in [0.2, 0.25) is 0 Å². The molecule has 0 spiro atoms. The molecule has 2 aromatic heterocycles. The first-order valence-electron chi connectivity index (χ1n) is 4.88. The van der Waals surface area contributed by atoms with Gasteiger partial charge in [-0.05, 0) is 23.3 Å². The van der Waals surface area contributed by atoms with E-state index in [9.17, 15) is 0 Å². The summed E-state index contributed by atoms with van der Waals surface area (Å²) in [5, 5.41) is 0. The molecule has 2 heteroatoms. The summed E-state index contributed by atoms with van der Waals surface area (Å²) < 4.78 is 0. The Labute approximate surface area is 81.6 Å². The first-order chi connectivity index (χ1) is 6.90. The molecule has 0 amide bonds. The van der Waals surface area contributed by atoms with Crippen LogP contribution in [-0.4, -0.2) is 9.97 Å². The van der Waals surface area contributed by atoms with Crippen molar-refractivity contribution in [3.63, 3.8) is 0 Å². The smallest absolute Gasteiger partial charge is 0.0889 e. The van der Waals surface area contributed by atoms with Gasteiger partial charge in [0.05, 0.1) is 11.4 Å². The lowest BCUT2D eigenvalue weighted by Gasteiger charge is -1.96. The van der Waals surface area contributed by atoms with Crippen LogP contribution in [0, 0.1) is 0 Å². The van der Waals surface area contributed by atoms with Gasteiger partial charge < -0.3 is 0 Å². The summed E-state index contributed by atoms with van der Waals surface area (Å²) in [6.45, 7) is 0. The third kappa shape index (κ3) is 0.854. The van der Waals surface area contributed by atoms with E-state index in [2.05, 4.69) is 34.2 Å². The third-order valence-electron chi connectivity index (χ3n) is 2.87. The van der Waals surface area contributed by atoms with Crippen molar-refractivity contribution >= 4 is 0 Å². The Hall–Kier alpha value is -1.70. The van der Waals surface area contributed by atoms with E-state index in [0.717, 1.165) is 24.2 Å². The van der Waals surface area contributed by atoms with E-state index < -0.39 is 0 Å². The van der Waals surface area contributed by atoms with Crippen LogP contribution in [0.5, 0.6) is 0 Å². The van der Waals surface area contributed by atoms with Gasteiger partial charge in [-0.25, -0.2) is 0 Å². The SMILES string of the molecule is c1cc2c(nc1-c1ccc3c(n1)C3)C2. The molecule has 0 saturated heterocycles. The second kappa shape index (κ2) is 2.03. The first-order valence-corrected chi connectivity index (χ1v) is 4.88. The number of rotatable bonds is 1. The zero-order chi connectivity index (χ0) is 9.12. The third-order valence-corrected chi connectivity index (χ3v) is 2.87. The van der Waals surface area contributed by atoms with Crippen molar-refractivity contribution in [2.24, 2.45) is 0 Å². The molecule has 0 unspecified atom stereocenters. The van der Waals surface area contributed by atoms with Crippen molar-refractivity contribution in [1.82, 2.24) is 9.97 Å². The summed E-state index contributed by atoms with van der Waals surface area (Å²) in [6, 6.07) is 8.46. The Balaban J connectivity index is 1.89. The van der Waals surface area contributed by atoms with Crippen molar-refractivity contribution in [2.75, 3.05) is 0 Å². The van der Waals surface area contributed by atoms with E-state index >= 15 is 0 Å². The van der Waals surface area contributed by atoms with Crippen LogP contribution >= 0.6 is 0 Å². The highest BCUT2D eigenvalue weighted by molar-refractivity contribution is 5.60. The Bertz CT molecular complexity index is 507. The molecule has 2 nitrogen and oxygen atoms in total. The van der Waals surface area contributed by atoms with Gasteiger partial charge >= 0.3 is 0 Å². The van der Waals surface area contributed by atoms with E-state index in [1.54, 1.807) is 0 Å². The quantitative estimate of drug-likeness (QED) is 0.447. The fourth-order valence-electron chi connectivity index (χ4n) is 1.82. The minimum absolute atomic E-state index is 1.02. The number of nitrogens with zero attached hydrogens (tertiary/aromatic N) is 2. The fourth-order valence-corrected chi connectivity index (χ4v) is 1.82. The molecule has 2 aliphatic rings. The van der Waals surface area contributed by atoms with Gasteiger partial charge in [0.25, 0.3) is 0 Å². The van der Waals surface area contributed by atoms with Gasteiger partial charge in [-0.3, -0.25) is 9.97 Å². The number of fused-ring (bicyclic) bond motifs is 2. The lowest BCUT2D eigenvalue weighted by Crippen LogP contribution is -1.84. The molecule has 0 fully saturated rings. The highest BCUT2D eigenvalue weighted by Gasteiger charge is 2.22. The molecule has 4 rings (SSSR count). The summed E-state index contributed by atoms with van der Waals surface area (Å²) in [5.74, 6) is 0. The van der Waals surface area contributed by atoms with Crippen molar-refractivity contribution < 1.29 is 0 Å². The minimum Gasteiger partial charge on any atom is -0.251 e. The Morgan fingerprint density at radius 3 is 1.64 bits per heavy atom. The van der Waals surface area contributed by atoms with E-state index in [-0.39, 0.29) is 0 Å². The van der Waals surface area contributed by atoms with Gasteiger partial charge in [-0.1, -0.05) is 12.1 Å². The van der Waals surface area contributed by atoms with Gasteiger partial charge in [0.2, 0.25) is 0 Å². The predicted molar refractivity (Wildman–Crippen MR) is 53.1 cm³/mol. The largest absolute Gasteiger partial charge is 0.251 e. The molecule has 0 aliphatic heterocycles. The molecule has 0 aromatic carbocycles. The fraction of sp³-hybridized carbons (Fsp3) is 0.167. The molecule has 0 bridgehead atoms. The van der Waals surface area contributed by atoms with Crippen LogP contribution in [0.4, 0.5) is 0 Å². The molecule has 2 aliphatic carbocycles. The monoisotopic (exact) mass is 180 g/mol. The Morgan fingerprint density at radius 2 is 1.21 bits per heavy atom. The van der Waals surface area contributed by atoms with Gasteiger partial charge in [-0.2, -0.15) is 0 Å². The zero-order valence-corrected chi connectivity index (χ0v) is 7.62. The molecule has 2 aromatic rings. The average molecular weight is 180 g/mol. The Morgan fingerprint density at radius 1 is 0.714 bits per heavy atom. The van der Waals surface area contributed by atoms with Crippen molar-refractivity contribution in [1.29, 1.82) is 0 Å². The summed E-state index contributed by atoms with van der Waals surface area (Å²) in [6.07, 6.45) is 2.15. The normalized spacial score (nSPS) is 14.6. The van der Waals surface area contributed by atoms with Crippen molar-refractivity contribution in [2.45, 2.75) is 12.8 Å². The van der Waals surface area contributed by atoms with Gasteiger partial charge in [0.15, 0.2) is 0 Å². The number of hydrogen-bond donors (Lipinski definition) is 0. The summed E-state index contributed by atoms with van der Waals surface area (Å²) >= 11 is 0. The first kappa shape index (κ1) is 6.71. The molecule has 2 heterocycles. The topological polar surface area (TPSA) is 25.8 Å². The minimum atomic E-state index is 1.02. The second-order valence-corrected chi connectivity index (χ2v) is 3.96. The summed E-state index contributed by atoms with van der Waals surface area (Å²) in [7, 11) is 0. The van der Waals surface area contributed by atoms with E-state index in [4.69, 9.17) is 0 Å². The van der Waals surface area contributed by atoms with Crippen LogP contribution < -0.4 is 0 Å². The second-order valence-electron chi connectivity index (χ2n) is 3.96. The molecular formula is C12H8N2. The van der Waals surface area contributed by atoms with E-state index in [1.165, 1.54) is 22.5 Å². The lowest BCUT2D eigenvalue weighted by molar-refractivity contribution is 1.23. The average Bonchev–Trinajstić information content (AvgIpc) is 3.10. The van der Waals surface area contributed by atoms with Gasteiger partial charge in [0, 0.05) is 24.2 Å². The number of pyridine rings is 2. The molecule has 0 saturated carbocycles. The van der Waals surface area contributed by atoms with Crippen LogP contribution in [0.25, 0.3) is 11.4 Å². The molecule has 0 radical (unpaired) electrons. The zero-order valence-electron chi connectivity index (χ0n) is 7.62. The highest BCUT2D eigenvalue weighted by Crippen LogP contribution is 2.31. The van der Waals surface area contributed by atoms with Crippen molar-refractivity contribution in [3.05, 3.63) is 46.8 Å². The maximum atomic E-state index is 4.54. The Kier molecular flexibility index (Phi) is 0.973. The lowest BCUT2D eigenvalue weighted by atomic mass is 10.2. The molecule has 0 atom stereocenters. The highest BCUT2D eigenvalue weighted by atomic mass is 14.8. The van der Waals surface area contributed by atoms with Crippen LogP contribution in [0.15, 0.2) is 24.3 Å². The maximum Gasteiger partial charge on any atom is 0.0889 e. The van der Waals surface area contributed by atoms with Crippen LogP contribution in [-0.2, 0) is 12.8 Å². The van der Waals surface area contributed by atoms with E-state index in [0.29, 0.717) is 0 Å². The predicted octanol–water partition coefficient (Wildman–Crippen LogP) is 1.95. The summed E-state index contributed by atoms with van der Waals surface area (Å²) in [4.78, 5) is 9.08. The number of hydrogen-bond acceptors (Lipinski definition) is 2. The number of aromatic nitrogens is 2. The van der Waals surface area contributed by atoms with Gasteiger partial charge in [-0.15, -0.1) is 0 Å². The standard InChI is InChI=1S/C12H8N2/c1-3-9(13-11-5-7(1)11)10-4-2-8-6-12(8)14-10/h1-4H,5-6H2. The molecule has 14 heavy (non-hydrogen) atoms. The molecule has 0 N–H and O–H groups in total. The van der Waals surface area contributed by atoms with E-state index in [1.807, 2.05) is 0 Å². The van der Waals surface area contributed by atoms with Crippen LogP contribution in [0.1, 0.15) is 22.5 Å². The van der Waals surface area contributed by atoms with Crippen molar-refractivity contribution in [3.8, 4) is 11.4 Å².